The molecule has 2 rings (SSSR count). The van der Waals surface area contributed by atoms with Crippen LogP contribution in [0, 0.1) is 0 Å². The van der Waals surface area contributed by atoms with Gasteiger partial charge in [-0.05, 0) is 54.7 Å². The zero-order chi connectivity index (χ0) is 16.1. The number of nitrogens with one attached hydrogen (secondary N) is 2. The third-order valence-corrected chi connectivity index (χ3v) is 3.14. The van der Waals surface area contributed by atoms with E-state index in [-0.39, 0.29) is 16.6 Å². The van der Waals surface area contributed by atoms with Gasteiger partial charge in [0.2, 0.25) is 0 Å². The molecule has 5 nitrogen and oxygen atoms in total. The number of benzene rings is 2. The number of carboxylic acid groups (broad SMARTS) is 1. The molecule has 0 radical (unpaired) electrons. The quantitative estimate of drug-likeness (QED) is 0.751. The maximum Gasteiger partial charge on any atom is 0.335 e. The molecular formula is C15H11ClN2O3S. The van der Waals surface area contributed by atoms with Crippen LogP contribution in [0.2, 0.25) is 5.02 Å². The van der Waals surface area contributed by atoms with E-state index in [1.165, 1.54) is 18.2 Å². The molecule has 0 saturated carbocycles. The summed E-state index contributed by atoms with van der Waals surface area (Å²) in [6, 6.07) is 12.5. The third-order valence-electron chi connectivity index (χ3n) is 2.70. The van der Waals surface area contributed by atoms with Gasteiger partial charge in [0.25, 0.3) is 5.91 Å². The Morgan fingerprint density at radius 2 is 1.73 bits per heavy atom. The fraction of sp³-hybridized carbons (Fsp3) is 0. The van der Waals surface area contributed by atoms with Crippen LogP contribution in [0.4, 0.5) is 5.69 Å². The second kappa shape index (κ2) is 7.02. The predicted octanol–water partition coefficient (Wildman–Crippen LogP) is 3.17. The number of rotatable bonds is 3. The van der Waals surface area contributed by atoms with Gasteiger partial charge >= 0.3 is 5.97 Å². The fourth-order valence-corrected chi connectivity index (χ4v) is 2.06. The Labute approximate surface area is 136 Å². The van der Waals surface area contributed by atoms with Crippen LogP contribution in [0.3, 0.4) is 0 Å². The van der Waals surface area contributed by atoms with E-state index >= 15 is 0 Å². The summed E-state index contributed by atoms with van der Waals surface area (Å²) in [6.45, 7) is 0. The van der Waals surface area contributed by atoms with Gasteiger partial charge in [-0.1, -0.05) is 17.7 Å². The molecule has 0 aromatic heterocycles. The van der Waals surface area contributed by atoms with Gasteiger partial charge in [-0.15, -0.1) is 0 Å². The summed E-state index contributed by atoms with van der Waals surface area (Å²) in [5, 5.41) is 14.7. The molecule has 0 bridgehead atoms. The standard InChI is InChI=1S/C15H11ClN2O3S/c16-11-3-1-2-10(8-11)13(19)18-15(22)17-12-6-4-9(5-7-12)14(20)21/h1-8H,(H,20,21)(H2,17,18,19,22). The van der Waals surface area contributed by atoms with Crippen molar-refractivity contribution in [2.45, 2.75) is 0 Å². The topological polar surface area (TPSA) is 78.4 Å². The first-order valence-electron chi connectivity index (χ1n) is 6.17. The Balaban J connectivity index is 1.98. The molecule has 7 heteroatoms. The molecule has 0 aliphatic heterocycles. The van der Waals surface area contributed by atoms with Crippen molar-refractivity contribution in [3.63, 3.8) is 0 Å². The lowest BCUT2D eigenvalue weighted by Crippen LogP contribution is -2.34. The Bertz CT molecular complexity index is 732. The number of anilines is 1. The number of thiocarbonyl (C=S) groups is 1. The summed E-state index contributed by atoms with van der Waals surface area (Å²) in [5.41, 5.74) is 1.12. The molecule has 0 saturated heterocycles. The number of hydrogen-bond acceptors (Lipinski definition) is 3. The first kappa shape index (κ1) is 15.9. The van der Waals surface area contributed by atoms with Gasteiger partial charge in [0.05, 0.1) is 5.56 Å². The van der Waals surface area contributed by atoms with Crippen LogP contribution < -0.4 is 10.6 Å². The smallest absolute Gasteiger partial charge is 0.335 e. The van der Waals surface area contributed by atoms with Crippen molar-refractivity contribution < 1.29 is 14.7 Å². The maximum absolute atomic E-state index is 12.0. The minimum atomic E-state index is -1.01. The molecule has 0 atom stereocenters. The van der Waals surface area contributed by atoms with E-state index in [9.17, 15) is 9.59 Å². The summed E-state index contributed by atoms with van der Waals surface area (Å²) < 4.78 is 0. The molecule has 112 valence electrons. The Morgan fingerprint density at radius 3 is 2.32 bits per heavy atom. The molecule has 0 heterocycles. The number of carbonyl (C=O) groups excluding carboxylic acids is 1. The molecule has 22 heavy (non-hydrogen) atoms. The number of carbonyl (C=O) groups is 2. The van der Waals surface area contributed by atoms with Crippen LogP contribution >= 0.6 is 23.8 Å². The zero-order valence-corrected chi connectivity index (χ0v) is 12.7. The lowest BCUT2D eigenvalue weighted by atomic mass is 10.2. The first-order chi connectivity index (χ1) is 10.5. The summed E-state index contributed by atoms with van der Waals surface area (Å²) in [5.74, 6) is -1.40. The zero-order valence-electron chi connectivity index (χ0n) is 11.2. The molecule has 3 N–H and O–H groups in total. The van der Waals surface area contributed by atoms with Crippen LogP contribution in [0.15, 0.2) is 48.5 Å². The highest BCUT2D eigenvalue weighted by Gasteiger charge is 2.08. The number of halogens is 1. The number of amides is 1. The van der Waals surface area contributed by atoms with Crippen LogP contribution in [-0.4, -0.2) is 22.1 Å². The van der Waals surface area contributed by atoms with Crippen LogP contribution in [0.5, 0.6) is 0 Å². The van der Waals surface area contributed by atoms with Gasteiger partial charge in [0, 0.05) is 16.3 Å². The predicted molar refractivity (Wildman–Crippen MR) is 88.5 cm³/mol. The van der Waals surface area contributed by atoms with E-state index in [0.717, 1.165) is 0 Å². The minimum Gasteiger partial charge on any atom is -0.478 e. The average molecular weight is 335 g/mol. The van der Waals surface area contributed by atoms with Gasteiger partial charge in [-0.25, -0.2) is 4.79 Å². The highest BCUT2D eigenvalue weighted by Crippen LogP contribution is 2.11. The van der Waals surface area contributed by atoms with Crippen LogP contribution in [-0.2, 0) is 0 Å². The number of hydrogen-bond donors (Lipinski definition) is 3. The van der Waals surface area contributed by atoms with Crippen LogP contribution in [0.25, 0.3) is 0 Å². The molecule has 0 unspecified atom stereocenters. The SMILES string of the molecule is O=C(O)c1ccc(NC(=S)NC(=O)c2cccc(Cl)c2)cc1. The second-order valence-corrected chi connectivity index (χ2v) is 5.15. The summed E-state index contributed by atoms with van der Waals surface area (Å²) in [7, 11) is 0. The fourth-order valence-electron chi connectivity index (χ4n) is 1.66. The second-order valence-electron chi connectivity index (χ2n) is 4.30. The average Bonchev–Trinajstić information content (AvgIpc) is 2.47. The third kappa shape index (κ3) is 4.28. The summed E-state index contributed by atoms with van der Waals surface area (Å²) in [6.07, 6.45) is 0. The Hall–Kier alpha value is -2.44. The first-order valence-corrected chi connectivity index (χ1v) is 6.95. The Kier molecular flexibility index (Phi) is 5.08. The van der Waals surface area contributed by atoms with Crippen molar-refractivity contribution in [1.82, 2.24) is 5.32 Å². The molecule has 1 amide bonds. The van der Waals surface area contributed by atoms with Crippen molar-refractivity contribution in [2.24, 2.45) is 0 Å². The van der Waals surface area contributed by atoms with E-state index in [1.54, 1.807) is 30.3 Å². The van der Waals surface area contributed by atoms with E-state index in [1.807, 2.05) is 0 Å². The van der Waals surface area contributed by atoms with Crippen molar-refractivity contribution in [3.05, 3.63) is 64.7 Å². The normalized spacial score (nSPS) is 9.86. The molecule has 0 aliphatic carbocycles. The van der Waals surface area contributed by atoms with E-state index in [0.29, 0.717) is 16.3 Å². The van der Waals surface area contributed by atoms with Crippen molar-refractivity contribution >= 4 is 46.5 Å². The van der Waals surface area contributed by atoms with Crippen molar-refractivity contribution in [2.75, 3.05) is 5.32 Å². The van der Waals surface area contributed by atoms with Gasteiger partial charge < -0.3 is 10.4 Å². The Morgan fingerprint density at radius 1 is 1.05 bits per heavy atom. The monoisotopic (exact) mass is 334 g/mol. The van der Waals surface area contributed by atoms with Gasteiger partial charge in [0.15, 0.2) is 5.11 Å². The lowest BCUT2D eigenvalue weighted by molar-refractivity contribution is 0.0696. The molecule has 0 spiro atoms. The number of aromatic carboxylic acids is 1. The van der Waals surface area contributed by atoms with Crippen molar-refractivity contribution in [3.8, 4) is 0 Å². The van der Waals surface area contributed by atoms with E-state index < -0.39 is 5.97 Å². The highest BCUT2D eigenvalue weighted by atomic mass is 35.5. The maximum atomic E-state index is 12.0. The number of carboxylic acids is 1. The van der Waals surface area contributed by atoms with Gasteiger partial charge in [-0.2, -0.15) is 0 Å². The van der Waals surface area contributed by atoms with Gasteiger partial charge in [0.1, 0.15) is 0 Å². The molecule has 2 aromatic carbocycles. The van der Waals surface area contributed by atoms with Crippen molar-refractivity contribution in [1.29, 1.82) is 0 Å². The molecular weight excluding hydrogens is 324 g/mol. The molecule has 0 aliphatic rings. The van der Waals surface area contributed by atoms with E-state index in [4.69, 9.17) is 28.9 Å². The van der Waals surface area contributed by atoms with Crippen LogP contribution in [0.1, 0.15) is 20.7 Å². The largest absolute Gasteiger partial charge is 0.478 e. The lowest BCUT2D eigenvalue weighted by Gasteiger charge is -2.10. The molecule has 0 fully saturated rings. The van der Waals surface area contributed by atoms with Gasteiger partial charge in [-0.3, -0.25) is 10.1 Å². The summed E-state index contributed by atoms with van der Waals surface area (Å²) >= 11 is 10.9. The minimum absolute atomic E-state index is 0.105. The highest BCUT2D eigenvalue weighted by molar-refractivity contribution is 7.80. The molecule has 2 aromatic rings. The summed E-state index contributed by atoms with van der Waals surface area (Å²) in [4.78, 5) is 22.7. The van der Waals surface area contributed by atoms with E-state index in [2.05, 4.69) is 10.6 Å².